The molecule has 39 heavy (non-hydrogen) atoms. The molecule has 4 rings (SSSR count). The lowest BCUT2D eigenvalue weighted by molar-refractivity contribution is -0.193. The first kappa shape index (κ1) is 32.6. The van der Waals surface area contributed by atoms with Gasteiger partial charge in [0.05, 0.1) is 11.1 Å². The maximum atomic E-state index is 14.9. The van der Waals surface area contributed by atoms with Crippen molar-refractivity contribution in [3.8, 4) is 0 Å². The summed E-state index contributed by atoms with van der Waals surface area (Å²) in [4.78, 5) is 26.6. The molecule has 0 bridgehead atoms. The Morgan fingerprint density at radius 3 is 2.00 bits per heavy atom. The zero-order valence-corrected chi connectivity index (χ0v) is 20.6. The summed E-state index contributed by atoms with van der Waals surface area (Å²) in [5.74, 6) is -8.09. The fourth-order valence-corrected chi connectivity index (χ4v) is 4.74. The largest absolute Gasteiger partial charge is 0.490 e. The number of aromatic nitrogens is 1. The third-order valence-electron chi connectivity index (χ3n) is 6.73. The van der Waals surface area contributed by atoms with Crippen molar-refractivity contribution in [2.45, 2.75) is 56.5 Å². The maximum absolute atomic E-state index is 14.9. The Hall–Kier alpha value is -2.59. The Balaban J connectivity index is 0.000000317. The number of piperidine rings is 1. The standard InChI is InChI=1S/C19H27F2N3O.2C2HF3O2/c20-19(21)7-10-24(17-4-11-25-12-5-17)15-18(19)6-9-23(14-18)13-16-3-1-2-8-22-16;2*3-2(4,5)1(6)7/h1-3,8,17H,4-7,9-15H2;2*(H,6,7). The lowest BCUT2D eigenvalue weighted by atomic mass is 9.75. The highest BCUT2D eigenvalue weighted by Gasteiger charge is 2.59. The highest BCUT2D eigenvalue weighted by atomic mass is 19.4. The van der Waals surface area contributed by atoms with Gasteiger partial charge in [-0.1, -0.05) is 6.07 Å². The van der Waals surface area contributed by atoms with Crippen LogP contribution in [-0.2, 0) is 20.9 Å². The van der Waals surface area contributed by atoms with Gasteiger partial charge in [0.25, 0.3) is 5.92 Å². The van der Waals surface area contributed by atoms with E-state index in [0.717, 1.165) is 38.3 Å². The summed E-state index contributed by atoms with van der Waals surface area (Å²) in [6.45, 7) is 4.41. The zero-order chi connectivity index (χ0) is 29.5. The first-order chi connectivity index (χ1) is 18.0. The number of carboxylic acid groups (broad SMARTS) is 2. The number of nitrogens with zero attached hydrogens (tertiary/aromatic N) is 3. The number of aliphatic carboxylic acids is 2. The Labute approximate surface area is 218 Å². The van der Waals surface area contributed by atoms with E-state index >= 15 is 0 Å². The van der Waals surface area contributed by atoms with E-state index in [2.05, 4.69) is 14.8 Å². The zero-order valence-electron chi connectivity index (χ0n) is 20.6. The van der Waals surface area contributed by atoms with Crippen LogP contribution in [0.3, 0.4) is 0 Å². The van der Waals surface area contributed by atoms with Crippen molar-refractivity contribution in [3.05, 3.63) is 30.1 Å². The molecule has 0 radical (unpaired) electrons. The molecule has 0 aliphatic carbocycles. The first-order valence-corrected chi connectivity index (χ1v) is 11.9. The Morgan fingerprint density at radius 1 is 0.949 bits per heavy atom. The van der Waals surface area contributed by atoms with Crippen LogP contribution in [0.15, 0.2) is 24.4 Å². The summed E-state index contributed by atoms with van der Waals surface area (Å²) in [6.07, 6.45) is -5.89. The average Bonchev–Trinajstić information content (AvgIpc) is 3.25. The van der Waals surface area contributed by atoms with Gasteiger partial charge in [0, 0.05) is 58.1 Å². The first-order valence-electron chi connectivity index (χ1n) is 11.9. The van der Waals surface area contributed by atoms with E-state index in [4.69, 9.17) is 24.5 Å². The number of pyridine rings is 1. The number of hydrogen-bond acceptors (Lipinski definition) is 6. The van der Waals surface area contributed by atoms with Crippen molar-refractivity contribution >= 4 is 11.9 Å². The van der Waals surface area contributed by atoms with Crippen molar-refractivity contribution in [1.29, 1.82) is 0 Å². The Morgan fingerprint density at radius 2 is 1.51 bits per heavy atom. The molecule has 2 N–H and O–H groups in total. The quantitative estimate of drug-likeness (QED) is 0.517. The minimum Gasteiger partial charge on any atom is -0.475 e. The van der Waals surface area contributed by atoms with Crippen LogP contribution in [0.4, 0.5) is 35.1 Å². The van der Waals surface area contributed by atoms with Crippen LogP contribution in [0.2, 0.25) is 0 Å². The van der Waals surface area contributed by atoms with E-state index < -0.39 is 35.6 Å². The highest BCUT2D eigenvalue weighted by Crippen LogP contribution is 2.50. The molecule has 3 aliphatic heterocycles. The third kappa shape index (κ3) is 9.53. The molecule has 3 saturated heterocycles. The third-order valence-corrected chi connectivity index (χ3v) is 6.73. The maximum Gasteiger partial charge on any atom is 0.490 e. The fraction of sp³-hybridized carbons (Fsp3) is 0.696. The number of carbonyl (C=O) groups is 2. The summed E-state index contributed by atoms with van der Waals surface area (Å²) in [6, 6.07) is 6.22. The number of likely N-dealkylation sites (tertiary alicyclic amines) is 2. The Kier molecular flexibility index (Phi) is 11.0. The van der Waals surface area contributed by atoms with Crippen LogP contribution in [0.1, 0.15) is 31.4 Å². The average molecular weight is 579 g/mol. The van der Waals surface area contributed by atoms with Crippen LogP contribution in [0.5, 0.6) is 0 Å². The lowest BCUT2D eigenvalue weighted by Crippen LogP contribution is -2.59. The van der Waals surface area contributed by atoms with Gasteiger partial charge in [-0.15, -0.1) is 0 Å². The van der Waals surface area contributed by atoms with E-state index in [9.17, 15) is 35.1 Å². The highest BCUT2D eigenvalue weighted by molar-refractivity contribution is 5.73. The van der Waals surface area contributed by atoms with Crippen molar-refractivity contribution in [2.75, 3.05) is 39.4 Å². The minimum atomic E-state index is -5.08. The monoisotopic (exact) mass is 579 g/mol. The van der Waals surface area contributed by atoms with E-state index in [1.165, 1.54) is 0 Å². The summed E-state index contributed by atoms with van der Waals surface area (Å²) in [7, 11) is 0. The van der Waals surface area contributed by atoms with Gasteiger partial charge in [-0.3, -0.25) is 14.8 Å². The van der Waals surface area contributed by atoms with Gasteiger partial charge in [-0.05, 0) is 37.9 Å². The summed E-state index contributed by atoms with van der Waals surface area (Å²) in [5, 5.41) is 14.2. The molecule has 4 heterocycles. The topological polar surface area (TPSA) is 103 Å². The number of hydrogen-bond donors (Lipinski definition) is 2. The van der Waals surface area contributed by atoms with Gasteiger partial charge in [0.15, 0.2) is 0 Å². The number of halogens is 8. The van der Waals surface area contributed by atoms with Gasteiger partial charge in [-0.2, -0.15) is 26.3 Å². The van der Waals surface area contributed by atoms with Gasteiger partial charge in [-0.25, -0.2) is 18.4 Å². The van der Waals surface area contributed by atoms with Gasteiger partial charge in [0.2, 0.25) is 0 Å². The molecule has 3 fully saturated rings. The molecular weight excluding hydrogens is 550 g/mol. The molecule has 16 heteroatoms. The van der Waals surface area contributed by atoms with Gasteiger partial charge < -0.3 is 14.9 Å². The van der Waals surface area contributed by atoms with Crippen molar-refractivity contribution in [2.24, 2.45) is 5.41 Å². The second-order valence-electron chi connectivity index (χ2n) is 9.44. The molecule has 1 aromatic rings. The van der Waals surface area contributed by atoms with Crippen LogP contribution >= 0.6 is 0 Å². The van der Waals surface area contributed by atoms with Crippen LogP contribution in [-0.4, -0.2) is 101 Å². The van der Waals surface area contributed by atoms with Crippen molar-refractivity contribution in [1.82, 2.24) is 14.8 Å². The molecule has 0 amide bonds. The molecule has 1 aromatic heterocycles. The van der Waals surface area contributed by atoms with E-state index in [0.29, 0.717) is 38.6 Å². The summed E-state index contributed by atoms with van der Waals surface area (Å²) >= 11 is 0. The van der Waals surface area contributed by atoms with Gasteiger partial charge >= 0.3 is 24.3 Å². The van der Waals surface area contributed by atoms with Crippen LogP contribution < -0.4 is 0 Å². The van der Waals surface area contributed by atoms with E-state index in [-0.39, 0.29) is 6.42 Å². The minimum absolute atomic E-state index is 0.0121. The molecule has 0 aromatic carbocycles. The number of carboxylic acids is 2. The fourth-order valence-electron chi connectivity index (χ4n) is 4.74. The molecular formula is C23H29F8N3O5. The molecule has 1 atom stereocenters. The normalized spacial score (nSPS) is 24.3. The second kappa shape index (κ2) is 13.2. The summed E-state index contributed by atoms with van der Waals surface area (Å²) < 4.78 is 98.8. The molecule has 3 aliphatic rings. The van der Waals surface area contributed by atoms with E-state index in [1.54, 1.807) is 6.20 Å². The second-order valence-corrected chi connectivity index (χ2v) is 9.44. The number of rotatable bonds is 3. The molecule has 1 unspecified atom stereocenters. The molecule has 8 nitrogen and oxygen atoms in total. The predicted molar refractivity (Wildman–Crippen MR) is 119 cm³/mol. The lowest BCUT2D eigenvalue weighted by Gasteiger charge is -2.49. The smallest absolute Gasteiger partial charge is 0.475 e. The van der Waals surface area contributed by atoms with Crippen LogP contribution in [0.25, 0.3) is 0 Å². The Bertz CT molecular complexity index is 918. The number of alkyl halides is 8. The predicted octanol–water partition coefficient (Wildman–Crippen LogP) is 4.06. The van der Waals surface area contributed by atoms with Crippen LogP contribution in [0, 0.1) is 5.41 Å². The SMILES string of the molecule is FC1(F)CCN(C2CCOCC2)CC12CCN(Cc1ccccn1)C2.O=C(O)C(F)(F)F.O=C(O)C(F)(F)F. The molecule has 0 saturated carbocycles. The summed E-state index contributed by atoms with van der Waals surface area (Å²) in [5.41, 5.74) is 0.0539. The molecule has 1 spiro atoms. The molecule has 222 valence electrons. The number of ether oxygens (including phenoxy) is 1. The van der Waals surface area contributed by atoms with Crippen molar-refractivity contribution < 1.29 is 59.7 Å². The van der Waals surface area contributed by atoms with Gasteiger partial charge in [0.1, 0.15) is 0 Å². The van der Waals surface area contributed by atoms with Crippen molar-refractivity contribution in [3.63, 3.8) is 0 Å². The van der Waals surface area contributed by atoms with E-state index in [1.807, 2.05) is 18.2 Å².